The van der Waals surface area contributed by atoms with Gasteiger partial charge >= 0.3 is 12.0 Å². The number of nitrogens with one attached hydrogen (secondary N) is 2. The Hall–Kier alpha value is -3.35. The molecule has 1 aliphatic rings. The number of esters is 1. The van der Waals surface area contributed by atoms with Crippen molar-refractivity contribution in [2.45, 2.75) is 45.2 Å². The number of nitrogens with zero attached hydrogens (tertiary/aromatic N) is 2. The number of aromatic amines is 1. The average Bonchev–Trinajstić information content (AvgIpc) is 3.17. The minimum atomic E-state index is -0.724. The fourth-order valence-corrected chi connectivity index (χ4v) is 4.31. The number of aromatic nitrogens is 2. The quantitative estimate of drug-likeness (QED) is 0.467. The lowest BCUT2D eigenvalue weighted by atomic mass is 9.88. The second-order valence-electron chi connectivity index (χ2n) is 7.72. The first-order valence-corrected chi connectivity index (χ1v) is 10.9. The second-order valence-corrected chi connectivity index (χ2v) is 7.72. The van der Waals surface area contributed by atoms with E-state index in [0.29, 0.717) is 13.0 Å². The summed E-state index contributed by atoms with van der Waals surface area (Å²) in [6.45, 7) is 4.67. The number of ether oxygens (including phenoxy) is 1. The molecule has 1 aliphatic heterocycles. The number of unbranched alkanes of at least 4 members (excludes halogenated alkanes) is 1. The zero-order valence-electron chi connectivity index (χ0n) is 17.9. The number of hydrogen-bond acceptors (Lipinski definition) is 4. The van der Waals surface area contributed by atoms with Crippen LogP contribution in [0.2, 0.25) is 0 Å². The molecular weight excluding hydrogens is 392 g/mol. The second kappa shape index (κ2) is 9.20. The molecule has 162 valence electrons. The van der Waals surface area contributed by atoms with Crippen LogP contribution < -0.4 is 5.32 Å². The van der Waals surface area contributed by atoms with Crippen molar-refractivity contribution in [2.24, 2.45) is 0 Å². The van der Waals surface area contributed by atoms with Gasteiger partial charge in [0.2, 0.25) is 0 Å². The predicted molar refractivity (Wildman–Crippen MR) is 119 cm³/mol. The maximum Gasteiger partial charge on any atom is 0.329 e. The maximum atomic E-state index is 13.4. The van der Waals surface area contributed by atoms with Crippen LogP contribution in [0.5, 0.6) is 0 Å². The Morgan fingerprint density at radius 3 is 2.81 bits per heavy atom. The van der Waals surface area contributed by atoms with E-state index in [-0.39, 0.29) is 12.6 Å². The van der Waals surface area contributed by atoms with Gasteiger partial charge in [-0.1, -0.05) is 37.6 Å². The summed E-state index contributed by atoms with van der Waals surface area (Å²) in [6.07, 6.45) is 5.70. The number of rotatable bonds is 6. The smallest absolute Gasteiger partial charge is 0.329 e. The first kappa shape index (κ1) is 20.9. The normalized spacial score (nSPS) is 17.9. The summed E-state index contributed by atoms with van der Waals surface area (Å²) in [5, 5.41) is 4.05. The van der Waals surface area contributed by atoms with E-state index in [0.717, 1.165) is 40.6 Å². The SMILES string of the molecule is CCCCNC(=O)N1[C@@H](c2cccnc2)c2[nH]c3ccccc3c2C[C@H]1C(=O)OCC. The lowest BCUT2D eigenvalue weighted by molar-refractivity contribution is -0.149. The van der Waals surface area contributed by atoms with Gasteiger partial charge in [0.1, 0.15) is 12.1 Å². The van der Waals surface area contributed by atoms with Gasteiger partial charge in [0.05, 0.1) is 6.61 Å². The third-order valence-electron chi connectivity index (χ3n) is 5.73. The van der Waals surface area contributed by atoms with E-state index in [4.69, 9.17) is 4.74 Å². The molecule has 0 saturated heterocycles. The minimum absolute atomic E-state index is 0.263. The number of hydrogen-bond donors (Lipinski definition) is 2. The zero-order chi connectivity index (χ0) is 21.8. The molecule has 0 bridgehead atoms. The zero-order valence-corrected chi connectivity index (χ0v) is 17.9. The van der Waals surface area contributed by atoms with Gasteiger partial charge in [0.15, 0.2) is 0 Å². The molecule has 0 radical (unpaired) electrons. The number of carbonyl (C=O) groups excluding carboxylic acids is 2. The molecule has 4 rings (SSSR count). The molecule has 7 nitrogen and oxygen atoms in total. The number of pyridine rings is 1. The van der Waals surface area contributed by atoms with Crippen LogP contribution in [-0.4, -0.2) is 46.1 Å². The molecule has 0 fully saturated rings. The number of para-hydroxylation sites is 1. The van der Waals surface area contributed by atoms with Gasteiger partial charge in [-0.25, -0.2) is 9.59 Å². The summed E-state index contributed by atoms with van der Waals surface area (Å²) >= 11 is 0. The molecule has 31 heavy (non-hydrogen) atoms. The maximum absolute atomic E-state index is 13.4. The number of benzene rings is 1. The van der Waals surface area contributed by atoms with Crippen LogP contribution in [0.1, 0.15) is 49.6 Å². The highest BCUT2D eigenvalue weighted by Gasteiger charge is 2.44. The Morgan fingerprint density at radius 1 is 1.23 bits per heavy atom. The number of amides is 2. The number of fused-ring (bicyclic) bond motifs is 3. The molecule has 3 aromatic rings. The largest absolute Gasteiger partial charge is 0.464 e. The van der Waals surface area contributed by atoms with E-state index < -0.39 is 18.1 Å². The number of urea groups is 1. The summed E-state index contributed by atoms with van der Waals surface area (Å²) in [5.41, 5.74) is 3.78. The minimum Gasteiger partial charge on any atom is -0.464 e. The van der Waals surface area contributed by atoms with E-state index in [2.05, 4.69) is 22.2 Å². The molecule has 0 saturated carbocycles. The van der Waals surface area contributed by atoms with Crippen LogP contribution in [-0.2, 0) is 16.0 Å². The fourth-order valence-electron chi connectivity index (χ4n) is 4.31. The number of H-pyrrole nitrogens is 1. The highest BCUT2D eigenvalue weighted by Crippen LogP contribution is 2.41. The molecule has 2 aromatic heterocycles. The molecule has 0 unspecified atom stereocenters. The van der Waals surface area contributed by atoms with E-state index in [1.54, 1.807) is 24.2 Å². The van der Waals surface area contributed by atoms with Crippen molar-refractivity contribution in [3.63, 3.8) is 0 Å². The lowest BCUT2D eigenvalue weighted by Crippen LogP contribution is -2.55. The first-order valence-electron chi connectivity index (χ1n) is 10.9. The molecule has 2 amide bonds. The summed E-state index contributed by atoms with van der Waals surface area (Å²) in [4.78, 5) is 35.8. The topological polar surface area (TPSA) is 87.3 Å². The van der Waals surface area contributed by atoms with Crippen LogP contribution in [0, 0.1) is 0 Å². The molecule has 2 N–H and O–H groups in total. The molecule has 0 aliphatic carbocycles. The lowest BCUT2D eigenvalue weighted by Gasteiger charge is -2.40. The first-order chi connectivity index (χ1) is 15.2. The van der Waals surface area contributed by atoms with Gasteiger partial charge in [-0.3, -0.25) is 9.88 Å². The predicted octanol–water partition coefficient (Wildman–Crippen LogP) is 3.95. The van der Waals surface area contributed by atoms with Gasteiger partial charge in [0.25, 0.3) is 0 Å². The van der Waals surface area contributed by atoms with Gasteiger partial charge in [-0.15, -0.1) is 0 Å². The van der Waals surface area contributed by atoms with E-state index in [1.165, 1.54) is 0 Å². The fraction of sp³-hybridized carbons (Fsp3) is 0.375. The van der Waals surface area contributed by atoms with Crippen molar-refractivity contribution in [3.05, 3.63) is 65.6 Å². The van der Waals surface area contributed by atoms with E-state index >= 15 is 0 Å². The van der Waals surface area contributed by atoms with Gasteiger partial charge in [-0.2, -0.15) is 0 Å². The van der Waals surface area contributed by atoms with Crippen molar-refractivity contribution in [3.8, 4) is 0 Å². The summed E-state index contributed by atoms with van der Waals surface area (Å²) in [7, 11) is 0. The summed E-state index contributed by atoms with van der Waals surface area (Å²) in [5.74, 6) is -0.391. The van der Waals surface area contributed by atoms with Gasteiger partial charge < -0.3 is 15.0 Å². The van der Waals surface area contributed by atoms with Gasteiger partial charge in [0, 0.05) is 42.0 Å². The Morgan fingerprint density at radius 2 is 2.06 bits per heavy atom. The van der Waals surface area contributed by atoms with Gasteiger partial charge in [-0.05, 0) is 36.6 Å². The summed E-state index contributed by atoms with van der Waals surface area (Å²) in [6, 6.07) is 10.3. The van der Waals surface area contributed by atoms with Crippen LogP contribution in [0.3, 0.4) is 0 Å². The highest BCUT2D eigenvalue weighted by molar-refractivity contribution is 5.90. The van der Waals surface area contributed by atoms with Crippen molar-refractivity contribution in [2.75, 3.05) is 13.2 Å². The Kier molecular flexibility index (Phi) is 6.21. The Bertz CT molecular complexity index is 1060. The van der Waals surface area contributed by atoms with Crippen molar-refractivity contribution < 1.29 is 14.3 Å². The molecule has 2 atom stereocenters. The Balaban J connectivity index is 1.86. The number of carbonyl (C=O) groups is 2. The van der Waals surface area contributed by atoms with Crippen LogP contribution in [0.15, 0.2) is 48.8 Å². The van der Waals surface area contributed by atoms with E-state index in [9.17, 15) is 9.59 Å². The van der Waals surface area contributed by atoms with Crippen LogP contribution in [0.4, 0.5) is 4.79 Å². The monoisotopic (exact) mass is 420 g/mol. The van der Waals surface area contributed by atoms with Crippen molar-refractivity contribution in [1.82, 2.24) is 20.2 Å². The average molecular weight is 421 g/mol. The van der Waals surface area contributed by atoms with Crippen molar-refractivity contribution >= 4 is 22.9 Å². The standard InChI is InChI=1S/C24H28N4O3/c1-3-5-13-26-24(30)28-20(23(29)31-4-2)14-18-17-10-6-7-11-19(17)27-21(18)22(28)16-9-8-12-25-15-16/h6-12,15,20,22,27H,3-5,13-14H2,1-2H3,(H,26,30)/t20-,22-/m0/s1. The molecule has 0 spiro atoms. The highest BCUT2D eigenvalue weighted by atomic mass is 16.5. The third-order valence-corrected chi connectivity index (χ3v) is 5.73. The molecule has 1 aromatic carbocycles. The molecule has 3 heterocycles. The van der Waals surface area contributed by atoms with E-state index in [1.807, 2.05) is 36.4 Å². The van der Waals surface area contributed by atoms with Crippen molar-refractivity contribution in [1.29, 1.82) is 0 Å². The Labute approximate surface area is 181 Å². The summed E-state index contributed by atoms with van der Waals surface area (Å²) < 4.78 is 5.39. The molecular formula is C24H28N4O3. The molecule has 7 heteroatoms. The van der Waals surface area contributed by atoms with Crippen LogP contribution >= 0.6 is 0 Å². The van der Waals surface area contributed by atoms with Crippen LogP contribution in [0.25, 0.3) is 10.9 Å². The third kappa shape index (κ3) is 4.00.